The minimum Gasteiger partial charge on any atom is -0.465 e. The molecule has 26 heavy (non-hydrogen) atoms. The number of amides is 1. The van der Waals surface area contributed by atoms with Crippen molar-refractivity contribution >= 4 is 23.8 Å². The number of carbonyl (C=O) groups excluding carboxylic acids is 2. The van der Waals surface area contributed by atoms with E-state index in [0.29, 0.717) is 5.56 Å². The number of methoxy groups -OCH3 is 1. The van der Waals surface area contributed by atoms with Crippen LogP contribution in [0.4, 0.5) is 5.69 Å². The van der Waals surface area contributed by atoms with E-state index >= 15 is 0 Å². The molecule has 0 aromatic heterocycles. The van der Waals surface area contributed by atoms with Gasteiger partial charge in [0.05, 0.1) is 18.9 Å². The third kappa shape index (κ3) is 4.47. The number of aryl methyl sites for hydroxylation is 2. The molecule has 0 saturated heterocycles. The second-order valence-corrected chi connectivity index (χ2v) is 6.01. The second-order valence-electron chi connectivity index (χ2n) is 6.01. The standard InChI is InChI=1S/C20H20N2O4/c1-25-20(24)16-7-5-14(6-8-16)12-21-26-13-19(23)22-18-10-9-15-3-2-4-17(15)11-18/h5-12H,2-4,13H2,1H3,(H,22,23)/b21-12-. The molecule has 6 nitrogen and oxygen atoms in total. The van der Waals surface area contributed by atoms with Gasteiger partial charge in [-0.3, -0.25) is 4.79 Å². The lowest BCUT2D eigenvalue weighted by Crippen LogP contribution is -2.17. The maximum atomic E-state index is 11.9. The first-order valence-electron chi connectivity index (χ1n) is 8.41. The number of hydrogen-bond donors (Lipinski definition) is 1. The predicted octanol–water partition coefficient (Wildman–Crippen LogP) is 2.95. The van der Waals surface area contributed by atoms with E-state index in [1.165, 1.54) is 30.9 Å². The predicted molar refractivity (Wildman–Crippen MR) is 98.4 cm³/mol. The molecule has 0 saturated carbocycles. The van der Waals surface area contributed by atoms with Gasteiger partial charge in [-0.25, -0.2) is 4.79 Å². The second kappa shape index (κ2) is 8.29. The summed E-state index contributed by atoms with van der Waals surface area (Å²) >= 11 is 0. The lowest BCUT2D eigenvalue weighted by Gasteiger charge is -2.06. The molecule has 0 fully saturated rings. The van der Waals surface area contributed by atoms with E-state index < -0.39 is 5.97 Å². The summed E-state index contributed by atoms with van der Waals surface area (Å²) in [6.45, 7) is -0.173. The van der Waals surface area contributed by atoms with Crippen LogP contribution < -0.4 is 5.32 Å². The number of rotatable bonds is 6. The molecule has 0 radical (unpaired) electrons. The highest BCUT2D eigenvalue weighted by Crippen LogP contribution is 2.24. The molecule has 0 unspecified atom stereocenters. The van der Waals surface area contributed by atoms with Crippen LogP contribution in [0.2, 0.25) is 0 Å². The van der Waals surface area contributed by atoms with Crippen LogP contribution in [0.3, 0.4) is 0 Å². The summed E-state index contributed by atoms with van der Waals surface area (Å²) in [4.78, 5) is 28.3. The van der Waals surface area contributed by atoms with E-state index in [4.69, 9.17) is 4.84 Å². The maximum Gasteiger partial charge on any atom is 0.337 e. The van der Waals surface area contributed by atoms with Gasteiger partial charge >= 0.3 is 5.97 Å². The van der Waals surface area contributed by atoms with Gasteiger partial charge in [0.1, 0.15) is 0 Å². The first-order chi connectivity index (χ1) is 12.7. The molecule has 1 aliphatic rings. The average Bonchev–Trinajstić information content (AvgIpc) is 3.13. The van der Waals surface area contributed by atoms with Crippen LogP contribution >= 0.6 is 0 Å². The first kappa shape index (κ1) is 17.7. The van der Waals surface area contributed by atoms with Crippen LogP contribution in [0.5, 0.6) is 0 Å². The minimum atomic E-state index is -0.395. The van der Waals surface area contributed by atoms with Crippen molar-refractivity contribution in [3.63, 3.8) is 0 Å². The zero-order chi connectivity index (χ0) is 18.4. The van der Waals surface area contributed by atoms with Crippen LogP contribution in [-0.2, 0) is 27.2 Å². The molecule has 6 heteroatoms. The van der Waals surface area contributed by atoms with Crippen molar-refractivity contribution in [2.75, 3.05) is 19.0 Å². The third-order valence-electron chi connectivity index (χ3n) is 4.19. The summed E-state index contributed by atoms with van der Waals surface area (Å²) in [5.74, 6) is -0.658. The van der Waals surface area contributed by atoms with Gasteiger partial charge in [-0.1, -0.05) is 23.4 Å². The van der Waals surface area contributed by atoms with Gasteiger partial charge in [0, 0.05) is 5.69 Å². The Hall–Kier alpha value is -3.15. The summed E-state index contributed by atoms with van der Waals surface area (Å²) < 4.78 is 4.63. The Balaban J connectivity index is 1.46. The van der Waals surface area contributed by atoms with E-state index in [9.17, 15) is 9.59 Å². The normalized spacial score (nSPS) is 12.7. The topological polar surface area (TPSA) is 77.0 Å². The molecule has 0 heterocycles. The van der Waals surface area contributed by atoms with Crippen molar-refractivity contribution in [3.8, 4) is 0 Å². The fraction of sp³-hybridized carbons (Fsp3) is 0.250. The Morgan fingerprint density at radius 2 is 1.88 bits per heavy atom. The van der Waals surface area contributed by atoms with Gasteiger partial charge in [0.25, 0.3) is 5.91 Å². The van der Waals surface area contributed by atoms with E-state index in [1.54, 1.807) is 24.3 Å². The van der Waals surface area contributed by atoms with E-state index in [2.05, 4.69) is 21.3 Å². The molecule has 0 bridgehead atoms. The van der Waals surface area contributed by atoms with Gasteiger partial charge in [-0.2, -0.15) is 0 Å². The van der Waals surface area contributed by atoms with Gasteiger partial charge in [-0.05, 0) is 60.2 Å². The Kier molecular flexibility index (Phi) is 5.63. The van der Waals surface area contributed by atoms with E-state index in [-0.39, 0.29) is 12.5 Å². The smallest absolute Gasteiger partial charge is 0.337 e. The molecule has 2 aromatic rings. The van der Waals surface area contributed by atoms with E-state index in [0.717, 1.165) is 24.1 Å². The number of esters is 1. The van der Waals surface area contributed by atoms with Crippen molar-refractivity contribution < 1.29 is 19.2 Å². The van der Waals surface area contributed by atoms with Gasteiger partial charge in [0.2, 0.25) is 0 Å². The number of anilines is 1. The molecule has 1 amide bonds. The number of hydrogen-bond acceptors (Lipinski definition) is 5. The average molecular weight is 352 g/mol. The molecular formula is C20H20N2O4. The molecule has 1 N–H and O–H groups in total. The zero-order valence-electron chi connectivity index (χ0n) is 14.5. The molecule has 134 valence electrons. The van der Waals surface area contributed by atoms with Gasteiger partial charge < -0.3 is 14.9 Å². The number of benzene rings is 2. The monoisotopic (exact) mass is 352 g/mol. The van der Waals surface area contributed by atoms with Gasteiger partial charge in [-0.15, -0.1) is 0 Å². The summed E-state index contributed by atoms with van der Waals surface area (Å²) in [5, 5.41) is 6.58. The van der Waals surface area contributed by atoms with Crippen molar-refractivity contribution in [1.82, 2.24) is 0 Å². The highest BCUT2D eigenvalue weighted by Gasteiger charge is 2.11. The van der Waals surface area contributed by atoms with Crippen molar-refractivity contribution in [1.29, 1.82) is 0 Å². The molecule has 0 atom stereocenters. The third-order valence-corrected chi connectivity index (χ3v) is 4.19. The van der Waals surface area contributed by atoms with Crippen LogP contribution in [0.1, 0.15) is 33.5 Å². The first-order valence-corrected chi connectivity index (χ1v) is 8.41. The van der Waals surface area contributed by atoms with Crippen molar-refractivity contribution in [2.24, 2.45) is 5.16 Å². The fourth-order valence-electron chi connectivity index (χ4n) is 2.86. The molecule has 3 rings (SSSR count). The molecular weight excluding hydrogens is 332 g/mol. The quantitative estimate of drug-likeness (QED) is 0.493. The Bertz CT molecular complexity index is 828. The number of nitrogens with zero attached hydrogens (tertiary/aromatic N) is 1. The summed E-state index contributed by atoms with van der Waals surface area (Å²) in [5.41, 5.74) is 4.65. The minimum absolute atomic E-state index is 0.173. The highest BCUT2D eigenvalue weighted by molar-refractivity contribution is 5.92. The van der Waals surface area contributed by atoms with Gasteiger partial charge in [0.15, 0.2) is 6.61 Å². The van der Waals surface area contributed by atoms with Crippen LogP contribution in [-0.4, -0.2) is 31.8 Å². The van der Waals surface area contributed by atoms with Crippen LogP contribution in [0.15, 0.2) is 47.6 Å². The summed E-state index contributed by atoms with van der Waals surface area (Å²) in [7, 11) is 1.33. The fourth-order valence-corrected chi connectivity index (χ4v) is 2.86. The maximum absolute atomic E-state index is 11.9. The number of carbonyl (C=O) groups is 2. The molecule has 0 aliphatic heterocycles. The van der Waals surface area contributed by atoms with Crippen LogP contribution in [0.25, 0.3) is 0 Å². The van der Waals surface area contributed by atoms with Crippen molar-refractivity contribution in [3.05, 3.63) is 64.7 Å². The number of fused-ring (bicyclic) bond motifs is 1. The number of ether oxygens (including phenoxy) is 1. The largest absolute Gasteiger partial charge is 0.465 e. The number of nitrogens with one attached hydrogen (secondary N) is 1. The lowest BCUT2D eigenvalue weighted by atomic mass is 10.1. The Labute approximate surface area is 151 Å². The van der Waals surface area contributed by atoms with Crippen LogP contribution in [0, 0.1) is 0 Å². The Morgan fingerprint density at radius 3 is 2.65 bits per heavy atom. The molecule has 0 spiro atoms. The molecule has 2 aromatic carbocycles. The lowest BCUT2D eigenvalue weighted by molar-refractivity contribution is -0.120. The van der Waals surface area contributed by atoms with E-state index in [1.807, 2.05) is 12.1 Å². The SMILES string of the molecule is COC(=O)c1ccc(/C=N\OCC(=O)Nc2ccc3c(c2)CCC3)cc1. The highest BCUT2D eigenvalue weighted by atomic mass is 16.6. The summed E-state index contributed by atoms with van der Waals surface area (Å²) in [6.07, 6.45) is 4.82. The Morgan fingerprint density at radius 1 is 1.12 bits per heavy atom. The summed E-state index contributed by atoms with van der Waals surface area (Å²) in [6, 6.07) is 12.7. The molecule has 1 aliphatic carbocycles. The number of oxime groups is 1. The van der Waals surface area contributed by atoms with Crippen molar-refractivity contribution in [2.45, 2.75) is 19.3 Å². The zero-order valence-corrected chi connectivity index (χ0v) is 14.5.